The minimum Gasteiger partial charge on any atom is -0.388 e. The Labute approximate surface area is 134 Å². The highest BCUT2D eigenvalue weighted by Crippen LogP contribution is 2.31. The van der Waals surface area contributed by atoms with Gasteiger partial charge in [0.25, 0.3) is 5.69 Å². The molecule has 23 heavy (non-hydrogen) atoms. The Bertz CT molecular complexity index is 739. The molecular weight excluding hydrogens is 296 g/mol. The summed E-state index contributed by atoms with van der Waals surface area (Å²) in [5.41, 5.74) is 2.55. The minimum absolute atomic E-state index is 0.0653. The molecule has 0 fully saturated rings. The second-order valence-electron chi connectivity index (χ2n) is 5.33. The van der Waals surface area contributed by atoms with Gasteiger partial charge >= 0.3 is 0 Å². The first-order valence-corrected chi connectivity index (χ1v) is 7.12. The molecule has 0 aliphatic carbocycles. The van der Waals surface area contributed by atoms with E-state index >= 15 is 0 Å². The summed E-state index contributed by atoms with van der Waals surface area (Å²) in [6, 6.07) is 11.9. The predicted molar refractivity (Wildman–Crippen MR) is 88.3 cm³/mol. The molecule has 1 N–H and O–H groups in total. The van der Waals surface area contributed by atoms with Crippen LogP contribution >= 0.6 is 0 Å². The summed E-state index contributed by atoms with van der Waals surface area (Å²) < 4.78 is 0. The molecule has 120 valence electrons. The van der Waals surface area contributed by atoms with E-state index in [0.29, 0.717) is 0 Å². The molecule has 0 saturated carbocycles. The summed E-state index contributed by atoms with van der Waals surface area (Å²) in [6.07, 6.45) is -0.932. The minimum atomic E-state index is -0.932. The van der Waals surface area contributed by atoms with Crippen LogP contribution in [0.4, 0.5) is 11.4 Å². The SMILES string of the molecule is CC(=O)N(C)c1ccc(-c2ccc([N+](=O)[O-])c(C(C)O)c2)cc1. The Morgan fingerprint density at radius 3 is 2.22 bits per heavy atom. The van der Waals surface area contributed by atoms with Crippen LogP contribution in [0.2, 0.25) is 0 Å². The van der Waals surface area contributed by atoms with Crippen molar-refractivity contribution >= 4 is 17.3 Å². The van der Waals surface area contributed by atoms with Crippen molar-refractivity contribution in [2.45, 2.75) is 20.0 Å². The summed E-state index contributed by atoms with van der Waals surface area (Å²) >= 11 is 0. The van der Waals surface area contributed by atoms with Gasteiger partial charge in [-0.25, -0.2) is 0 Å². The van der Waals surface area contributed by atoms with Gasteiger partial charge in [-0.1, -0.05) is 12.1 Å². The lowest BCUT2D eigenvalue weighted by Gasteiger charge is -2.15. The number of carbonyl (C=O) groups is 1. The number of carbonyl (C=O) groups excluding carboxylic acids is 1. The average molecular weight is 314 g/mol. The van der Waals surface area contributed by atoms with E-state index in [4.69, 9.17) is 0 Å². The number of aliphatic hydroxyl groups is 1. The molecule has 0 aliphatic rings. The van der Waals surface area contributed by atoms with Crippen molar-refractivity contribution in [3.8, 4) is 11.1 Å². The lowest BCUT2D eigenvalue weighted by molar-refractivity contribution is -0.386. The van der Waals surface area contributed by atoms with Crippen LogP contribution in [0.25, 0.3) is 11.1 Å². The van der Waals surface area contributed by atoms with Crippen LogP contribution in [-0.2, 0) is 4.79 Å². The van der Waals surface area contributed by atoms with Crippen LogP contribution < -0.4 is 4.90 Å². The molecule has 0 saturated heterocycles. The fourth-order valence-corrected chi connectivity index (χ4v) is 2.29. The molecule has 2 aromatic rings. The van der Waals surface area contributed by atoms with Crippen molar-refractivity contribution in [1.82, 2.24) is 0 Å². The second kappa shape index (κ2) is 6.58. The number of nitrogens with zero attached hydrogens (tertiary/aromatic N) is 2. The first kappa shape index (κ1) is 16.6. The Morgan fingerprint density at radius 2 is 1.74 bits per heavy atom. The molecule has 1 atom stereocenters. The molecule has 0 radical (unpaired) electrons. The van der Waals surface area contributed by atoms with E-state index < -0.39 is 11.0 Å². The molecule has 6 heteroatoms. The number of rotatable bonds is 4. The molecule has 0 bridgehead atoms. The van der Waals surface area contributed by atoms with Gasteiger partial charge in [-0.05, 0) is 42.3 Å². The fourth-order valence-electron chi connectivity index (χ4n) is 2.29. The van der Waals surface area contributed by atoms with Crippen LogP contribution in [0.5, 0.6) is 0 Å². The molecule has 2 aromatic carbocycles. The normalized spacial score (nSPS) is 11.8. The Kier molecular flexibility index (Phi) is 4.76. The van der Waals surface area contributed by atoms with Crippen molar-refractivity contribution in [1.29, 1.82) is 0 Å². The van der Waals surface area contributed by atoms with Crippen LogP contribution in [0.15, 0.2) is 42.5 Å². The Hall–Kier alpha value is -2.73. The third kappa shape index (κ3) is 3.54. The van der Waals surface area contributed by atoms with E-state index in [1.807, 2.05) is 12.1 Å². The van der Waals surface area contributed by atoms with Crippen LogP contribution in [-0.4, -0.2) is 23.0 Å². The number of hydrogen-bond acceptors (Lipinski definition) is 4. The maximum Gasteiger partial charge on any atom is 0.275 e. The van der Waals surface area contributed by atoms with Gasteiger partial charge in [-0.2, -0.15) is 0 Å². The molecule has 0 spiro atoms. The molecular formula is C17H18N2O4. The lowest BCUT2D eigenvalue weighted by atomic mass is 9.99. The third-order valence-electron chi connectivity index (χ3n) is 3.73. The molecule has 2 rings (SSSR count). The molecule has 0 aromatic heterocycles. The monoisotopic (exact) mass is 314 g/mol. The Balaban J connectivity index is 2.41. The van der Waals surface area contributed by atoms with Gasteiger partial charge in [0.15, 0.2) is 0 Å². The van der Waals surface area contributed by atoms with Gasteiger partial charge in [-0.3, -0.25) is 14.9 Å². The predicted octanol–water partition coefficient (Wildman–Crippen LogP) is 3.30. The summed E-state index contributed by atoms with van der Waals surface area (Å²) in [5.74, 6) is -0.0653. The number of nitro groups is 1. The topological polar surface area (TPSA) is 83.7 Å². The van der Waals surface area contributed by atoms with E-state index in [1.165, 1.54) is 24.8 Å². The van der Waals surface area contributed by atoms with Crippen LogP contribution in [0.1, 0.15) is 25.5 Å². The zero-order valence-electron chi connectivity index (χ0n) is 13.2. The van der Waals surface area contributed by atoms with E-state index in [1.54, 1.807) is 31.3 Å². The van der Waals surface area contributed by atoms with Crippen molar-refractivity contribution in [2.24, 2.45) is 0 Å². The van der Waals surface area contributed by atoms with Crippen molar-refractivity contribution < 1.29 is 14.8 Å². The highest BCUT2D eigenvalue weighted by molar-refractivity contribution is 5.91. The number of anilines is 1. The maximum atomic E-state index is 11.4. The zero-order chi connectivity index (χ0) is 17.1. The first-order chi connectivity index (χ1) is 10.8. The standard InChI is InChI=1S/C17H18N2O4/c1-11(20)16-10-14(6-9-17(16)19(22)23)13-4-7-15(8-5-13)18(3)12(2)21/h4-11,20H,1-3H3. The van der Waals surface area contributed by atoms with Gasteiger partial charge in [0, 0.05) is 25.7 Å². The van der Waals surface area contributed by atoms with E-state index in [0.717, 1.165) is 16.8 Å². The van der Waals surface area contributed by atoms with Gasteiger partial charge in [-0.15, -0.1) is 0 Å². The molecule has 1 unspecified atom stereocenters. The number of benzene rings is 2. The highest BCUT2D eigenvalue weighted by atomic mass is 16.6. The zero-order valence-corrected chi connectivity index (χ0v) is 13.2. The summed E-state index contributed by atoms with van der Waals surface area (Å²) in [5, 5.41) is 20.8. The highest BCUT2D eigenvalue weighted by Gasteiger charge is 2.18. The second-order valence-corrected chi connectivity index (χ2v) is 5.33. The van der Waals surface area contributed by atoms with Gasteiger partial charge in [0.1, 0.15) is 0 Å². The molecule has 0 heterocycles. The molecule has 0 aliphatic heterocycles. The van der Waals surface area contributed by atoms with E-state index in [-0.39, 0.29) is 17.2 Å². The van der Waals surface area contributed by atoms with Gasteiger partial charge in [0.2, 0.25) is 5.91 Å². The van der Waals surface area contributed by atoms with E-state index in [2.05, 4.69) is 0 Å². The van der Waals surface area contributed by atoms with Crippen LogP contribution in [0, 0.1) is 10.1 Å². The smallest absolute Gasteiger partial charge is 0.275 e. The van der Waals surface area contributed by atoms with Gasteiger partial charge < -0.3 is 10.0 Å². The fraction of sp³-hybridized carbons (Fsp3) is 0.235. The largest absolute Gasteiger partial charge is 0.388 e. The number of hydrogen-bond donors (Lipinski definition) is 1. The summed E-state index contributed by atoms with van der Waals surface area (Å²) in [7, 11) is 1.69. The quantitative estimate of drug-likeness (QED) is 0.693. The molecule has 1 amide bonds. The average Bonchev–Trinajstić information content (AvgIpc) is 2.53. The van der Waals surface area contributed by atoms with Crippen molar-refractivity contribution in [3.05, 3.63) is 58.1 Å². The number of amides is 1. The molecule has 6 nitrogen and oxygen atoms in total. The maximum absolute atomic E-state index is 11.4. The van der Waals surface area contributed by atoms with Crippen molar-refractivity contribution in [3.63, 3.8) is 0 Å². The van der Waals surface area contributed by atoms with Crippen molar-refractivity contribution in [2.75, 3.05) is 11.9 Å². The lowest BCUT2D eigenvalue weighted by Crippen LogP contribution is -2.22. The van der Waals surface area contributed by atoms with Gasteiger partial charge in [0.05, 0.1) is 16.6 Å². The summed E-state index contributed by atoms with van der Waals surface area (Å²) in [6.45, 7) is 2.98. The number of nitro benzene ring substituents is 1. The Morgan fingerprint density at radius 1 is 1.17 bits per heavy atom. The first-order valence-electron chi connectivity index (χ1n) is 7.12. The summed E-state index contributed by atoms with van der Waals surface area (Å²) in [4.78, 5) is 23.4. The third-order valence-corrected chi connectivity index (χ3v) is 3.73. The van der Waals surface area contributed by atoms with E-state index in [9.17, 15) is 20.0 Å². The number of aliphatic hydroxyl groups excluding tert-OH is 1. The van der Waals surface area contributed by atoms with Crippen LogP contribution in [0.3, 0.4) is 0 Å².